The lowest BCUT2D eigenvalue weighted by atomic mass is 10.3. The summed E-state index contributed by atoms with van der Waals surface area (Å²) in [6, 6.07) is 2.99. The minimum atomic E-state index is -4.75. The molecule has 0 aliphatic rings. The van der Waals surface area contributed by atoms with E-state index in [-0.39, 0.29) is 11.5 Å². The zero-order valence-corrected chi connectivity index (χ0v) is 7.13. The van der Waals surface area contributed by atoms with Crippen molar-refractivity contribution in [3.05, 3.63) is 18.2 Å². The summed E-state index contributed by atoms with van der Waals surface area (Å²) in [4.78, 5) is 0. The Balaban J connectivity index is 2.90. The van der Waals surface area contributed by atoms with E-state index in [2.05, 4.69) is 9.47 Å². The maximum atomic E-state index is 11.8. The molecular formula is C8H7F3O3. The summed E-state index contributed by atoms with van der Waals surface area (Å²) in [5.41, 5.74) is 0. The van der Waals surface area contributed by atoms with E-state index in [0.29, 0.717) is 0 Å². The Morgan fingerprint density at radius 1 is 1.29 bits per heavy atom. The molecule has 0 unspecified atom stereocenters. The van der Waals surface area contributed by atoms with Crippen LogP contribution in [0.25, 0.3) is 0 Å². The van der Waals surface area contributed by atoms with Gasteiger partial charge in [0.05, 0.1) is 7.11 Å². The van der Waals surface area contributed by atoms with Gasteiger partial charge in [-0.15, -0.1) is 13.2 Å². The maximum absolute atomic E-state index is 11.8. The molecule has 0 aromatic heterocycles. The number of phenols is 1. The third-order valence-corrected chi connectivity index (χ3v) is 1.38. The van der Waals surface area contributed by atoms with Gasteiger partial charge in [0.1, 0.15) is 5.75 Å². The van der Waals surface area contributed by atoms with Crippen molar-refractivity contribution in [3.63, 3.8) is 0 Å². The number of ether oxygens (including phenoxy) is 2. The van der Waals surface area contributed by atoms with Crippen LogP contribution in [-0.4, -0.2) is 18.6 Å². The van der Waals surface area contributed by atoms with E-state index < -0.39 is 12.1 Å². The molecule has 0 radical (unpaired) electrons. The second kappa shape index (κ2) is 3.65. The van der Waals surface area contributed by atoms with E-state index in [4.69, 9.17) is 5.11 Å². The smallest absolute Gasteiger partial charge is 0.504 e. The van der Waals surface area contributed by atoms with Gasteiger partial charge in [-0.2, -0.15) is 0 Å². The van der Waals surface area contributed by atoms with Gasteiger partial charge in [-0.3, -0.25) is 0 Å². The second-order valence-corrected chi connectivity index (χ2v) is 2.38. The molecule has 3 nitrogen and oxygen atoms in total. The van der Waals surface area contributed by atoms with Crippen LogP contribution in [0.5, 0.6) is 17.2 Å². The van der Waals surface area contributed by atoms with Gasteiger partial charge < -0.3 is 14.6 Å². The Morgan fingerprint density at radius 3 is 2.43 bits per heavy atom. The average Bonchev–Trinajstić information content (AvgIpc) is 2.06. The molecule has 1 aromatic rings. The number of aromatic hydroxyl groups is 1. The molecule has 0 heterocycles. The van der Waals surface area contributed by atoms with Crippen molar-refractivity contribution >= 4 is 0 Å². The number of phenolic OH excluding ortho intramolecular Hbond substituents is 1. The molecule has 0 spiro atoms. The topological polar surface area (TPSA) is 38.7 Å². The number of rotatable bonds is 2. The third-order valence-electron chi connectivity index (χ3n) is 1.38. The molecule has 1 N–H and O–H groups in total. The Labute approximate surface area is 77.7 Å². The van der Waals surface area contributed by atoms with E-state index in [1.165, 1.54) is 7.11 Å². The van der Waals surface area contributed by atoms with Gasteiger partial charge in [0.25, 0.3) is 0 Å². The number of halogens is 3. The number of alkyl halides is 3. The Morgan fingerprint density at radius 2 is 1.93 bits per heavy atom. The van der Waals surface area contributed by atoms with Crippen LogP contribution in [0, 0.1) is 0 Å². The number of methoxy groups -OCH3 is 1. The van der Waals surface area contributed by atoms with E-state index in [9.17, 15) is 13.2 Å². The van der Waals surface area contributed by atoms with Gasteiger partial charge >= 0.3 is 6.36 Å². The lowest BCUT2D eigenvalue weighted by Gasteiger charge is -2.10. The lowest BCUT2D eigenvalue weighted by molar-refractivity contribution is -0.274. The number of hydrogen-bond donors (Lipinski definition) is 1. The first-order chi connectivity index (χ1) is 6.42. The average molecular weight is 208 g/mol. The number of benzene rings is 1. The van der Waals surface area contributed by atoms with Crippen LogP contribution in [0.15, 0.2) is 18.2 Å². The molecule has 0 atom stereocenters. The zero-order chi connectivity index (χ0) is 10.8. The SMILES string of the molecule is COc1cc(OC(F)(F)F)ccc1O. The fourth-order valence-electron chi connectivity index (χ4n) is 0.855. The van der Waals surface area contributed by atoms with E-state index in [1.807, 2.05) is 0 Å². The molecule has 0 bridgehead atoms. The quantitative estimate of drug-likeness (QED) is 0.810. The monoisotopic (exact) mass is 208 g/mol. The fourth-order valence-corrected chi connectivity index (χ4v) is 0.855. The fraction of sp³-hybridized carbons (Fsp3) is 0.250. The van der Waals surface area contributed by atoms with Gasteiger partial charge in [-0.1, -0.05) is 0 Å². The summed E-state index contributed by atoms with van der Waals surface area (Å²) in [6.07, 6.45) is -4.75. The van der Waals surface area contributed by atoms with Crippen molar-refractivity contribution in [2.24, 2.45) is 0 Å². The summed E-state index contributed by atoms with van der Waals surface area (Å²) in [5, 5.41) is 9.07. The molecule has 1 rings (SSSR count). The Kier molecular flexibility index (Phi) is 2.73. The largest absolute Gasteiger partial charge is 0.573 e. The van der Waals surface area contributed by atoms with Crippen molar-refractivity contribution in [3.8, 4) is 17.2 Å². The van der Waals surface area contributed by atoms with E-state index >= 15 is 0 Å². The van der Waals surface area contributed by atoms with Crippen LogP contribution in [-0.2, 0) is 0 Å². The van der Waals surface area contributed by atoms with Crippen LogP contribution >= 0.6 is 0 Å². The molecule has 0 amide bonds. The highest BCUT2D eigenvalue weighted by molar-refractivity contribution is 5.44. The summed E-state index contributed by atoms with van der Waals surface area (Å²) in [6.45, 7) is 0. The molecule has 6 heteroatoms. The first-order valence-corrected chi connectivity index (χ1v) is 3.55. The van der Waals surface area contributed by atoms with E-state index in [1.54, 1.807) is 0 Å². The van der Waals surface area contributed by atoms with Gasteiger partial charge in [-0.25, -0.2) is 0 Å². The minimum Gasteiger partial charge on any atom is -0.504 e. The van der Waals surface area contributed by atoms with Gasteiger partial charge in [-0.05, 0) is 12.1 Å². The van der Waals surface area contributed by atoms with Gasteiger partial charge in [0.2, 0.25) is 0 Å². The zero-order valence-electron chi connectivity index (χ0n) is 7.13. The van der Waals surface area contributed by atoms with Crippen LogP contribution in [0.3, 0.4) is 0 Å². The molecule has 14 heavy (non-hydrogen) atoms. The first kappa shape index (κ1) is 10.5. The lowest BCUT2D eigenvalue weighted by Crippen LogP contribution is -2.17. The molecule has 78 valence electrons. The Hall–Kier alpha value is -1.59. The van der Waals surface area contributed by atoms with Crippen molar-refractivity contribution in [1.29, 1.82) is 0 Å². The van der Waals surface area contributed by atoms with Gasteiger partial charge in [0, 0.05) is 6.07 Å². The molecule has 1 aromatic carbocycles. The molecular weight excluding hydrogens is 201 g/mol. The second-order valence-electron chi connectivity index (χ2n) is 2.38. The van der Waals surface area contributed by atoms with Crippen LogP contribution in [0.4, 0.5) is 13.2 Å². The van der Waals surface area contributed by atoms with Gasteiger partial charge in [0.15, 0.2) is 11.5 Å². The minimum absolute atomic E-state index is 0.0771. The predicted molar refractivity (Wildman–Crippen MR) is 41.3 cm³/mol. The molecule has 0 saturated carbocycles. The summed E-state index contributed by atoms with van der Waals surface area (Å²) >= 11 is 0. The Bertz CT molecular complexity index is 322. The van der Waals surface area contributed by atoms with Crippen molar-refractivity contribution in [2.75, 3.05) is 7.11 Å². The predicted octanol–water partition coefficient (Wildman–Crippen LogP) is 2.30. The molecule has 0 fully saturated rings. The normalized spacial score (nSPS) is 11.1. The summed E-state index contributed by atoms with van der Waals surface area (Å²) < 4.78 is 43.5. The third kappa shape index (κ3) is 2.72. The van der Waals surface area contributed by atoms with E-state index in [0.717, 1.165) is 18.2 Å². The molecule has 0 aliphatic carbocycles. The van der Waals surface area contributed by atoms with Crippen LogP contribution in [0.2, 0.25) is 0 Å². The first-order valence-electron chi connectivity index (χ1n) is 3.55. The van der Waals surface area contributed by atoms with Crippen molar-refractivity contribution in [2.45, 2.75) is 6.36 Å². The number of hydrogen-bond acceptors (Lipinski definition) is 3. The van der Waals surface area contributed by atoms with Crippen LogP contribution < -0.4 is 9.47 Å². The molecule has 0 saturated heterocycles. The van der Waals surface area contributed by atoms with Crippen LogP contribution in [0.1, 0.15) is 0 Å². The highest BCUT2D eigenvalue weighted by atomic mass is 19.4. The summed E-state index contributed by atoms with van der Waals surface area (Å²) in [5.74, 6) is -0.763. The molecule has 0 aliphatic heterocycles. The van der Waals surface area contributed by atoms with Crippen molar-refractivity contribution < 1.29 is 27.8 Å². The highest BCUT2D eigenvalue weighted by Crippen LogP contribution is 2.32. The summed E-state index contributed by atoms with van der Waals surface area (Å²) in [7, 11) is 1.23. The maximum Gasteiger partial charge on any atom is 0.573 e. The highest BCUT2D eigenvalue weighted by Gasteiger charge is 2.31. The standard InChI is InChI=1S/C8H7F3O3/c1-13-7-4-5(2-3-6(7)12)14-8(9,10)11/h2-4,12H,1H3. The van der Waals surface area contributed by atoms with Crippen molar-refractivity contribution in [1.82, 2.24) is 0 Å².